The van der Waals surface area contributed by atoms with Crippen molar-refractivity contribution >= 4 is 17.7 Å². The summed E-state index contributed by atoms with van der Waals surface area (Å²) in [6.07, 6.45) is 2.05. The van der Waals surface area contributed by atoms with Crippen molar-refractivity contribution in [3.8, 4) is 0 Å². The molecule has 0 radical (unpaired) electrons. The smallest absolute Gasteiger partial charge is 0.235 e. The van der Waals surface area contributed by atoms with E-state index in [0.717, 1.165) is 6.42 Å². The lowest BCUT2D eigenvalue weighted by Crippen LogP contribution is -2.50. The van der Waals surface area contributed by atoms with Crippen molar-refractivity contribution in [2.45, 2.75) is 39.5 Å². The Morgan fingerprint density at radius 3 is 2.67 bits per heavy atom. The number of hydrogen-bond donors (Lipinski definition) is 1. The van der Waals surface area contributed by atoms with E-state index in [4.69, 9.17) is 0 Å². The normalized spacial score (nSPS) is 28.4. The number of piperidine rings is 1. The molecule has 1 unspecified atom stereocenters. The van der Waals surface area contributed by atoms with E-state index in [2.05, 4.69) is 19.2 Å². The number of amides is 3. The zero-order chi connectivity index (χ0) is 13.3. The molecule has 18 heavy (non-hydrogen) atoms. The SMILES string of the molecule is CC(C)CCN1CC2(CCC(=O)NC2=O)CC1=O. The van der Waals surface area contributed by atoms with Gasteiger partial charge in [-0.25, -0.2) is 0 Å². The number of nitrogens with one attached hydrogen (secondary N) is 1. The van der Waals surface area contributed by atoms with Gasteiger partial charge in [-0.15, -0.1) is 0 Å². The Morgan fingerprint density at radius 2 is 2.06 bits per heavy atom. The second-order valence-corrected chi connectivity index (χ2v) is 5.83. The third-order valence-electron chi connectivity index (χ3n) is 3.88. The molecule has 3 amide bonds. The maximum absolute atomic E-state index is 11.9. The van der Waals surface area contributed by atoms with Crippen molar-refractivity contribution in [1.82, 2.24) is 10.2 Å². The first kappa shape index (κ1) is 13.1. The number of carbonyl (C=O) groups is 3. The number of rotatable bonds is 3. The molecule has 0 aromatic rings. The summed E-state index contributed by atoms with van der Waals surface area (Å²) < 4.78 is 0. The van der Waals surface area contributed by atoms with E-state index in [9.17, 15) is 14.4 Å². The summed E-state index contributed by atoms with van der Waals surface area (Å²) in [6.45, 7) is 5.40. The van der Waals surface area contributed by atoms with Gasteiger partial charge in [-0.1, -0.05) is 13.8 Å². The zero-order valence-electron chi connectivity index (χ0n) is 11.0. The predicted octanol–water partition coefficient (Wildman–Crippen LogP) is 0.688. The zero-order valence-corrected chi connectivity index (χ0v) is 11.0. The van der Waals surface area contributed by atoms with Gasteiger partial charge >= 0.3 is 0 Å². The first-order valence-corrected chi connectivity index (χ1v) is 6.55. The Bertz CT molecular complexity index is 392. The minimum atomic E-state index is -0.651. The van der Waals surface area contributed by atoms with E-state index < -0.39 is 5.41 Å². The van der Waals surface area contributed by atoms with Crippen LogP contribution in [0.15, 0.2) is 0 Å². The van der Waals surface area contributed by atoms with Gasteiger partial charge in [0.2, 0.25) is 17.7 Å². The van der Waals surface area contributed by atoms with Gasteiger partial charge in [0.05, 0.1) is 5.41 Å². The van der Waals surface area contributed by atoms with Crippen LogP contribution in [0, 0.1) is 11.3 Å². The molecule has 5 nitrogen and oxygen atoms in total. The molecule has 1 spiro atoms. The van der Waals surface area contributed by atoms with E-state index in [-0.39, 0.29) is 24.1 Å². The monoisotopic (exact) mass is 252 g/mol. The second-order valence-electron chi connectivity index (χ2n) is 5.83. The molecule has 2 rings (SSSR count). The average molecular weight is 252 g/mol. The molecule has 1 N–H and O–H groups in total. The number of hydrogen-bond acceptors (Lipinski definition) is 3. The lowest BCUT2D eigenvalue weighted by molar-refractivity contribution is -0.142. The van der Waals surface area contributed by atoms with E-state index >= 15 is 0 Å². The van der Waals surface area contributed by atoms with Gasteiger partial charge in [-0.05, 0) is 18.8 Å². The summed E-state index contributed by atoms with van der Waals surface area (Å²) in [5.41, 5.74) is -0.651. The van der Waals surface area contributed by atoms with Crippen LogP contribution in [-0.4, -0.2) is 35.7 Å². The minimum absolute atomic E-state index is 0.0418. The summed E-state index contributed by atoms with van der Waals surface area (Å²) >= 11 is 0. The van der Waals surface area contributed by atoms with Gasteiger partial charge < -0.3 is 4.90 Å². The summed E-state index contributed by atoms with van der Waals surface area (Å²) in [5.74, 6) is 0.0918. The molecule has 1 atom stereocenters. The van der Waals surface area contributed by atoms with E-state index in [1.54, 1.807) is 4.90 Å². The summed E-state index contributed by atoms with van der Waals surface area (Å²) in [6, 6.07) is 0. The van der Waals surface area contributed by atoms with Crippen LogP contribution in [0.2, 0.25) is 0 Å². The molecule has 0 aliphatic carbocycles. The topological polar surface area (TPSA) is 66.5 Å². The molecule has 2 aliphatic heterocycles. The maximum Gasteiger partial charge on any atom is 0.235 e. The highest BCUT2D eigenvalue weighted by molar-refractivity contribution is 6.03. The van der Waals surface area contributed by atoms with Gasteiger partial charge in [0.1, 0.15) is 0 Å². The second kappa shape index (κ2) is 4.71. The van der Waals surface area contributed by atoms with Gasteiger partial charge in [-0.3, -0.25) is 19.7 Å². The highest BCUT2D eigenvalue weighted by Crippen LogP contribution is 2.38. The van der Waals surface area contributed by atoms with E-state index in [1.807, 2.05) is 0 Å². The third-order valence-corrected chi connectivity index (χ3v) is 3.88. The van der Waals surface area contributed by atoms with Crippen molar-refractivity contribution in [2.75, 3.05) is 13.1 Å². The molecule has 2 aliphatic rings. The quantitative estimate of drug-likeness (QED) is 0.751. The molecule has 0 saturated carbocycles. The predicted molar refractivity (Wildman–Crippen MR) is 65.5 cm³/mol. The van der Waals surface area contributed by atoms with Crippen LogP contribution in [0.3, 0.4) is 0 Å². The number of likely N-dealkylation sites (tertiary alicyclic amines) is 1. The molecule has 2 saturated heterocycles. The molecule has 0 aromatic carbocycles. The minimum Gasteiger partial charge on any atom is -0.342 e. The Hall–Kier alpha value is -1.39. The fourth-order valence-corrected chi connectivity index (χ4v) is 2.64. The molecule has 100 valence electrons. The van der Waals surface area contributed by atoms with Crippen LogP contribution in [0.5, 0.6) is 0 Å². The van der Waals surface area contributed by atoms with E-state index in [1.165, 1.54) is 0 Å². The maximum atomic E-state index is 11.9. The Morgan fingerprint density at radius 1 is 1.33 bits per heavy atom. The van der Waals surface area contributed by atoms with Crippen LogP contribution < -0.4 is 5.32 Å². The summed E-state index contributed by atoms with van der Waals surface area (Å²) in [7, 11) is 0. The highest BCUT2D eigenvalue weighted by atomic mass is 16.2. The van der Waals surface area contributed by atoms with Crippen LogP contribution in [-0.2, 0) is 14.4 Å². The number of nitrogens with zero attached hydrogens (tertiary/aromatic N) is 1. The van der Waals surface area contributed by atoms with Crippen molar-refractivity contribution in [2.24, 2.45) is 11.3 Å². The number of imide groups is 1. The van der Waals surface area contributed by atoms with Crippen LogP contribution in [0.25, 0.3) is 0 Å². The highest BCUT2D eigenvalue weighted by Gasteiger charge is 2.50. The van der Waals surface area contributed by atoms with Crippen molar-refractivity contribution < 1.29 is 14.4 Å². The molecule has 0 aromatic heterocycles. The van der Waals surface area contributed by atoms with Crippen molar-refractivity contribution in [3.05, 3.63) is 0 Å². The Balaban J connectivity index is 2.03. The van der Waals surface area contributed by atoms with Crippen LogP contribution in [0.1, 0.15) is 39.5 Å². The molecule has 2 fully saturated rings. The average Bonchev–Trinajstić information content (AvgIpc) is 2.60. The lowest BCUT2D eigenvalue weighted by atomic mass is 9.79. The van der Waals surface area contributed by atoms with Crippen LogP contribution in [0.4, 0.5) is 0 Å². The standard InChI is InChI=1S/C13H20N2O3/c1-9(2)4-6-15-8-13(7-11(15)17)5-3-10(16)14-12(13)18/h9H,3-8H2,1-2H3,(H,14,16,18). The fraction of sp³-hybridized carbons (Fsp3) is 0.769. The van der Waals surface area contributed by atoms with Gasteiger partial charge in [0, 0.05) is 25.9 Å². The fourth-order valence-electron chi connectivity index (χ4n) is 2.64. The van der Waals surface area contributed by atoms with E-state index in [0.29, 0.717) is 31.8 Å². The van der Waals surface area contributed by atoms with Gasteiger partial charge in [0.15, 0.2) is 0 Å². The van der Waals surface area contributed by atoms with Crippen LogP contribution >= 0.6 is 0 Å². The molecular weight excluding hydrogens is 232 g/mol. The van der Waals surface area contributed by atoms with Crippen molar-refractivity contribution in [3.63, 3.8) is 0 Å². The molecule has 2 heterocycles. The first-order chi connectivity index (χ1) is 8.43. The van der Waals surface area contributed by atoms with Gasteiger partial charge in [-0.2, -0.15) is 0 Å². The largest absolute Gasteiger partial charge is 0.342 e. The molecule has 0 bridgehead atoms. The Labute approximate surface area is 107 Å². The number of carbonyl (C=O) groups excluding carboxylic acids is 3. The molecule has 5 heteroatoms. The first-order valence-electron chi connectivity index (χ1n) is 6.55. The summed E-state index contributed by atoms with van der Waals surface area (Å²) in [5, 5.41) is 2.36. The van der Waals surface area contributed by atoms with Gasteiger partial charge in [0.25, 0.3) is 0 Å². The van der Waals surface area contributed by atoms with Crippen molar-refractivity contribution in [1.29, 1.82) is 0 Å². The molecular formula is C13H20N2O3. The Kier molecular flexibility index (Phi) is 3.41. The lowest BCUT2D eigenvalue weighted by Gasteiger charge is -2.30. The summed E-state index contributed by atoms with van der Waals surface area (Å²) in [4.78, 5) is 36.8. The third kappa shape index (κ3) is 2.40.